The van der Waals surface area contributed by atoms with Gasteiger partial charge in [-0.1, -0.05) is 0 Å². The number of hydrogen-bond acceptors (Lipinski definition) is 3. The predicted octanol–water partition coefficient (Wildman–Crippen LogP) is 0.970. The molecule has 98 valence electrons. The van der Waals surface area contributed by atoms with E-state index in [2.05, 4.69) is 5.32 Å². The van der Waals surface area contributed by atoms with E-state index in [-0.39, 0.29) is 24.2 Å². The lowest BCUT2D eigenvalue weighted by atomic mass is 10.3. The molecule has 0 aromatic heterocycles. The Labute approximate surface area is 103 Å². The highest BCUT2D eigenvalue weighted by Crippen LogP contribution is 2.13. The largest absolute Gasteiger partial charge is 0.392 e. The summed E-state index contributed by atoms with van der Waals surface area (Å²) in [6, 6.07) is 3.20. The zero-order chi connectivity index (χ0) is 13.1. The van der Waals surface area contributed by atoms with Crippen LogP contribution in [0.1, 0.15) is 6.42 Å². The number of halogens is 2. The molecule has 1 saturated heterocycles. The summed E-state index contributed by atoms with van der Waals surface area (Å²) in [5.41, 5.74) is 0.221. The first-order valence-corrected chi connectivity index (χ1v) is 5.70. The van der Waals surface area contributed by atoms with Crippen LogP contribution in [-0.4, -0.2) is 41.7 Å². The summed E-state index contributed by atoms with van der Waals surface area (Å²) in [6.45, 7) is 1.26. The molecule has 2 N–H and O–H groups in total. The highest BCUT2D eigenvalue weighted by molar-refractivity contribution is 5.92. The second kappa shape index (κ2) is 5.41. The molecule has 0 spiro atoms. The van der Waals surface area contributed by atoms with Gasteiger partial charge < -0.3 is 10.4 Å². The molecule has 1 aliphatic heterocycles. The third kappa shape index (κ3) is 3.24. The van der Waals surface area contributed by atoms with Crippen molar-refractivity contribution < 1.29 is 18.7 Å². The third-order valence-electron chi connectivity index (χ3n) is 2.82. The van der Waals surface area contributed by atoms with Gasteiger partial charge in [0, 0.05) is 24.8 Å². The Kier molecular flexibility index (Phi) is 3.88. The molecule has 4 nitrogen and oxygen atoms in total. The number of benzene rings is 1. The summed E-state index contributed by atoms with van der Waals surface area (Å²) >= 11 is 0. The topological polar surface area (TPSA) is 52.6 Å². The number of nitrogens with one attached hydrogen (secondary N) is 1. The van der Waals surface area contributed by atoms with Crippen LogP contribution in [0.3, 0.4) is 0 Å². The smallest absolute Gasteiger partial charge is 0.238 e. The molecule has 0 unspecified atom stereocenters. The molecule has 2 rings (SSSR count). The number of carbonyl (C=O) groups is 1. The normalized spacial score (nSPS) is 20.1. The SMILES string of the molecule is O=C(CN1CC[C@@H](O)C1)Nc1ccc(F)c(F)c1. The van der Waals surface area contributed by atoms with E-state index in [9.17, 15) is 18.7 Å². The average molecular weight is 256 g/mol. The van der Waals surface area contributed by atoms with E-state index in [1.165, 1.54) is 6.07 Å². The Morgan fingerprint density at radius 3 is 2.83 bits per heavy atom. The maximum Gasteiger partial charge on any atom is 0.238 e. The zero-order valence-corrected chi connectivity index (χ0v) is 9.70. The van der Waals surface area contributed by atoms with Crippen LogP contribution in [0.5, 0.6) is 0 Å². The van der Waals surface area contributed by atoms with Crippen molar-refractivity contribution in [2.75, 3.05) is 25.0 Å². The maximum atomic E-state index is 12.9. The van der Waals surface area contributed by atoms with Crippen LogP contribution in [0, 0.1) is 11.6 Å². The number of hydrogen-bond donors (Lipinski definition) is 2. The summed E-state index contributed by atoms with van der Waals surface area (Å²) < 4.78 is 25.6. The van der Waals surface area contributed by atoms with E-state index in [0.29, 0.717) is 19.5 Å². The van der Waals surface area contributed by atoms with Crippen molar-refractivity contribution in [2.24, 2.45) is 0 Å². The third-order valence-corrected chi connectivity index (χ3v) is 2.82. The summed E-state index contributed by atoms with van der Waals surface area (Å²) in [5.74, 6) is -2.25. The fourth-order valence-electron chi connectivity index (χ4n) is 1.93. The minimum absolute atomic E-state index is 0.135. The molecule has 1 atom stereocenters. The molecule has 1 heterocycles. The Morgan fingerprint density at radius 2 is 2.22 bits per heavy atom. The Morgan fingerprint density at radius 1 is 1.44 bits per heavy atom. The van der Waals surface area contributed by atoms with E-state index in [4.69, 9.17) is 0 Å². The molecular formula is C12H14F2N2O2. The molecule has 0 radical (unpaired) electrons. The number of rotatable bonds is 3. The van der Waals surface area contributed by atoms with Gasteiger partial charge in [0.2, 0.25) is 5.91 Å². The van der Waals surface area contributed by atoms with Crippen molar-refractivity contribution >= 4 is 11.6 Å². The molecule has 1 aromatic carbocycles. The summed E-state index contributed by atoms with van der Waals surface area (Å²) in [5, 5.41) is 11.8. The van der Waals surface area contributed by atoms with Gasteiger partial charge >= 0.3 is 0 Å². The van der Waals surface area contributed by atoms with Gasteiger partial charge in [-0.2, -0.15) is 0 Å². The fourth-order valence-corrected chi connectivity index (χ4v) is 1.93. The molecule has 1 aromatic rings. The molecule has 1 aliphatic rings. The first-order chi connectivity index (χ1) is 8.54. The highest BCUT2D eigenvalue weighted by Gasteiger charge is 2.21. The number of aliphatic hydroxyl groups excluding tert-OH is 1. The highest BCUT2D eigenvalue weighted by atomic mass is 19.2. The van der Waals surface area contributed by atoms with E-state index < -0.39 is 11.6 Å². The van der Waals surface area contributed by atoms with E-state index in [1.807, 2.05) is 0 Å². The van der Waals surface area contributed by atoms with Crippen molar-refractivity contribution in [2.45, 2.75) is 12.5 Å². The first kappa shape index (κ1) is 12.9. The first-order valence-electron chi connectivity index (χ1n) is 5.70. The Hall–Kier alpha value is -1.53. The zero-order valence-electron chi connectivity index (χ0n) is 9.70. The van der Waals surface area contributed by atoms with Crippen LogP contribution in [0.2, 0.25) is 0 Å². The number of carbonyl (C=O) groups excluding carboxylic acids is 1. The van der Waals surface area contributed by atoms with Gasteiger partial charge in [0.1, 0.15) is 0 Å². The molecule has 1 fully saturated rings. The molecule has 6 heteroatoms. The Balaban J connectivity index is 1.89. The molecule has 0 saturated carbocycles. The van der Waals surface area contributed by atoms with Crippen LogP contribution in [0.4, 0.5) is 14.5 Å². The minimum Gasteiger partial charge on any atom is -0.392 e. The molecule has 18 heavy (non-hydrogen) atoms. The fraction of sp³-hybridized carbons (Fsp3) is 0.417. The number of amides is 1. The second-order valence-electron chi connectivity index (χ2n) is 4.35. The molecule has 1 amide bonds. The second-order valence-corrected chi connectivity index (χ2v) is 4.35. The van der Waals surface area contributed by atoms with Crippen LogP contribution in [0.25, 0.3) is 0 Å². The number of likely N-dealkylation sites (tertiary alicyclic amines) is 1. The minimum atomic E-state index is -0.996. The lowest BCUT2D eigenvalue weighted by Gasteiger charge is -2.14. The van der Waals surface area contributed by atoms with Crippen molar-refractivity contribution in [3.8, 4) is 0 Å². The standard InChI is InChI=1S/C12H14F2N2O2/c13-10-2-1-8(5-11(10)14)15-12(18)7-16-4-3-9(17)6-16/h1-2,5,9,17H,3-4,6-7H2,(H,15,18)/t9-/m1/s1. The van der Waals surface area contributed by atoms with Crippen LogP contribution in [-0.2, 0) is 4.79 Å². The van der Waals surface area contributed by atoms with E-state index in [1.54, 1.807) is 4.90 Å². The van der Waals surface area contributed by atoms with Gasteiger partial charge in [-0.05, 0) is 18.6 Å². The van der Waals surface area contributed by atoms with Gasteiger partial charge in [0.25, 0.3) is 0 Å². The van der Waals surface area contributed by atoms with Gasteiger partial charge in [0.15, 0.2) is 11.6 Å². The summed E-state index contributed by atoms with van der Waals surface area (Å²) in [4.78, 5) is 13.4. The number of β-amino-alcohol motifs (C(OH)–C–C–N with tert-alkyl or cyclic N) is 1. The van der Waals surface area contributed by atoms with E-state index >= 15 is 0 Å². The summed E-state index contributed by atoms with van der Waals surface area (Å²) in [6.07, 6.45) is 0.263. The van der Waals surface area contributed by atoms with Crippen molar-refractivity contribution in [3.63, 3.8) is 0 Å². The molecule has 0 aliphatic carbocycles. The average Bonchev–Trinajstić information content (AvgIpc) is 2.69. The number of aliphatic hydroxyl groups is 1. The lowest BCUT2D eigenvalue weighted by molar-refractivity contribution is -0.117. The van der Waals surface area contributed by atoms with Gasteiger partial charge in [0.05, 0.1) is 12.6 Å². The number of nitrogens with zero attached hydrogens (tertiary/aromatic N) is 1. The van der Waals surface area contributed by atoms with Crippen LogP contribution >= 0.6 is 0 Å². The molecular weight excluding hydrogens is 242 g/mol. The van der Waals surface area contributed by atoms with E-state index in [0.717, 1.165) is 12.1 Å². The van der Waals surface area contributed by atoms with Gasteiger partial charge in [-0.25, -0.2) is 8.78 Å². The lowest BCUT2D eigenvalue weighted by Crippen LogP contribution is -2.32. The van der Waals surface area contributed by atoms with Crippen LogP contribution < -0.4 is 5.32 Å². The van der Waals surface area contributed by atoms with Crippen molar-refractivity contribution in [1.29, 1.82) is 0 Å². The maximum absolute atomic E-state index is 12.9. The van der Waals surface area contributed by atoms with Crippen LogP contribution in [0.15, 0.2) is 18.2 Å². The number of anilines is 1. The van der Waals surface area contributed by atoms with Gasteiger partial charge in [-0.15, -0.1) is 0 Å². The van der Waals surface area contributed by atoms with Crippen molar-refractivity contribution in [3.05, 3.63) is 29.8 Å². The summed E-state index contributed by atoms with van der Waals surface area (Å²) in [7, 11) is 0. The van der Waals surface area contributed by atoms with Gasteiger partial charge in [-0.3, -0.25) is 9.69 Å². The predicted molar refractivity (Wildman–Crippen MR) is 62.1 cm³/mol. The molecule has 0 bridgehead atoms. The monoisotopic (exact) mass is 256 g/mol. The van der Waals surface area contributed by atoms with Crippen molar-refractivity contribution in [1.82, 2.24) is 4.90 Å². The Bertz CT molecular complexity index is 454. The quantitative estimate of drug-likeness (QED) is 0.847.